The van der Waals surface area contributed by atoms with Crippen molar-refractivity contribution in [1.29, 1.82) is 0 Å². The van der Waals surface area contributed by atoms with E-state index in [4.69, 9.17) is 17.5 Å². The van der Waals surface area contributed by atoms with E-state index in [0.717, 1.165) is 25.8 Å². The van der Waals surface area contributed by atoms with E-state index in [1.54, 1.807) is 0 Å². The second-order valence-electron chi connectivity index (χ2n) is 2.25. The van der Waals surface area contributed by atoms with Gasteiger partial charge in [0.15, 0.2) is 0 Å². The number of carbonyl (C=O) groups is 1. The van der Waals surface area contributed by atoms with E-state index >= 15 is 0 Å². The first-order chi connectivity index (χ1) is 5.39. The van der Waals surface area contributed by atoms with Crippen molar-refractivity contribution < 1.29 is 22.3 Å². The minimum Gasteiger partial charge on any atom is -0.356 e. The largest absolute Gasteiger partial charge is 0.394 e. The Labute approximate surface area is 70.5 Å². The van der Waals surface area contributed by atoms with Gasteiger partial charge < -0.3 is 5.32 Å². The summed E-state index contributed by atoms with van der Waals surface area (Å²) in [6.07, 6.45) is 2.97. The van der Waals surface area contributed by atoms with Gasteiger partial charge in [0, 0.05) is 13.0 Å². The zero-order chi connectivity index (χ0) is 9.61. The summed E-state index contributed by atoms with van der Waals surface area (Å²) in [5.41, 5.74) is 0. The summed E-state index contributed by atoms with van der Waals surface area (Å²) in [6.45, 7) is 0.888. The van der Waals surface area contributed by atoms with Crippen molar-refractivity contribution in [3.05, 3.63) is 0 Å². The quantitative estimate of drug-likeness (QED) is 0.460. The highest BCUT2D eigenvalue weighted by Crippen LogP contribution is 1.98. The van der Waals surface area contributed by atoms with Crippen LogP contribution in [0, 0.1) is 0 Å². The van der Waals surface area contributed by atoms with Crippen LogP contribution in [-0.4, -0.2) is 30.0 Å². The number of carbonyl (C=O) groups excluding carboxylic acids is 1. The van der Waals surface area contributed by atoms with Crippen LogP contribution in [0.1, 0.15) is 19.3 Å². The third kappa shape index (κ3) is 12.1. The zero-order valence-electron chi connectivity index (χ0n) is 6.36. The molecule has 6 nitrogen and oxygen atoms in total. The maximum Gasteiger partial charge on any atom is 0.394 e. The van der Waals surface area contributed by atoms with E-state index in [1.807, 2.05) is 0 Å². The summed E-state index contributed by atoms with van der Waals surface area (Å²) in [5.74, 6) is 0.214. The molecular formula is C5H11NO5S. The normalized spacial score (nSPS) is 17.3. The standard InChI is InChI=1S/C5H9NO.H2O4S/c7-5-3-1-2-4-6-5;1-5(2,3)4/h1-4H2,(H,6,7);(H2,1,2,3,4). The molecule has 1 amide bonds. The first kappa shape index (κ1) is 11.3. The van der Waals surface area contributed by atoms with Crippen molar-refractivity contribution in [2.24, 2.45) is 0 Å². The Balaban J connectivity index is 0.000000217. The Morgan fingerprint density at radius 3 is 1.92 bits per heavy atom. The Morgan fingerprint density at radius 2 is 1.75 bits per heavy atom. The molecule has 1 rings (SSSR count). The predicted molar refractivity (Wildman–Crippen MR) is 41.0 cm³/mol. The molecule has 1 fully saturated rings. The maximum absolute atomic E-state index is 10.4. The van der Waals surface area contributed by atoms with Gasteiger partial charge in [-0.1, -0.05) is 0 Å². The lowest BCUT2D eigenvalue weighted by Gasteiger charge is -2.08. The number of rotatable bonds is 0. The van der Waals surface area contributed by atoms with Crippen LogP contribution < -0.4 is 5.32 Å². The Morgan fingerprint density at radius 1 is 1.25 bits per heavy atom. The van der Waals surface area contributed by atoms with E-state index in [9.17, 15) is 4.79 Å². The van der Waals surface area contributed by atoms with Gasteiger partial charge >= 0.3 is 10.4 Å². The van der Waals surface area contributed by atoms with Crippen molar-refractivity contribution in [3.8, 4) is 0 Å². The van der Waals surface area contributed by atoms with E-state index in [1.165, 1.54) is 0 Å². The maximum atomic E-state index is 10.4. The molecule has 0 aromatic carbocycles. The fraction of sp³-hybridized carbons (Fsp3) is 0.800. The van der Waals surface area contributed by atoms with Gasteiger partial charge in [-0.3, -0.25) is 13.9 Å². The molecule has 0 aliphatic carbocycles. The number of piperidine rings is 1. The second-order valence-corrected chi connectivity index (χ2v) is 3.15. The number of nitrogens with one attached hydrogen (secondary N) is 1. The van der Waals surface area contributed by atoms with Crippen LogP contribution in [0.2, 0.25) is 0 Å². The molecule has 72 valence electrons. The highest BCUT2D eigenvalue weighted by atomic mass is 32.3. The highest BCUT2D eigenvalue weighted by molar-refractivity contribution is 7.79. The van der Waals surface area contributed by atoms with Crippen LogP contribution in [-0.2, 0) is 15.2 Å². The molecule has 1 saturated heterocycles. The summed E-state index contributed by atoms with van der Waals surface area (Å²) < 4.78 is 31.6. The fourth-order valence-electron chi connectivity index (χ4n) is 0.727. The SMILES string of the molecule is O=C1CCCCN1.O=S(=O)(O)O. The van der Waals surface area contributed by atoms with Gasteiger partial charge in [0.1, 0.15) is 0 Å². The molecule has 0 aromatic rings. The van der Waals surface area contributed by atoms with Crippen molar-refractivity contribution in [2.75, 3.05) is 6.54 Å². The first-order valence-corrected chi connectivity index (χ1v) is 4.76. The monoisotopic (exact) mass is 197 g/mol. The summed E-state index contributed by atoms with van der Waals surface area (Å²) in [7, 11) is -4.67. The topological polar surface area (TPSA) is 104 Å². The van der Waals surface area contributed by atoms with Gasteiger partial charge in [0.05, 0.1) is 0 Å². The fourth-order valence-corrected chi connectivity index (χ4v) is 0.727. The summed E-state index contributed by atoms with van der Waals surface area (Å²) >= 11 is 0. The van der Waals surface area contributed by atoms with Crippen LogP contribution >= 0.6 is 0 Å². The predicted octanol–water partition coefficient (Wildman–Crippen LogP) is -0.366. The minimum absolute atomic E-state index is 0.214. The number of hydrogen-bond acceptors (Lipinski definition) is 3. The average Bonchev–Trinajstić information content (AvgIpc) is 1.85. The Hall–Kier alpha value is -0.660. The Bertz CT molecular complexity index is 218. The van der Waals surface area contributed by atoms with Gasteiger partial charge in [-0.25, -0.2) is 0 Å². The summed E-state index contributed by atoms with van der Waals surface area (Å²) in [6, 6.07) is 0. The van der Waals surface area contributed by atoms with Crippen molar-refractivity contribution in [3.63, 3.8) is 0 Å². The summed E-state index contributed by atoms with van der Waals surface area (Å²) in [4.78, 5) is 10.4. The van der Waals surface area contributed by atoms with Crippen LogP contribution in [0.5, 0.6) is 0 Å². The third-order valence-electron chi connectivity index (χ3n) is 1.15. The zero-order valence-corrected chi connectivity index (χ0v) is 7.17. The molecule has 0 radical (unpaired) electrons. The molecule has 0 aromatic heterocycles. The lowest BCUT2D eigenvalue weighted by Crippen LogP contribution is -2.28. The van der Waals surface area contributed by atoms with Crippen LogP contribution in [0.3, 0.4) is 0 Å². The van der Waals surface area contributed by atoms with Gasteiger partial charge in [-0.05, 0) is 12.8 Å². The van der Waals surface area contributed by atoms with Crippen molar-refractivity contribution in [2.45, 2.75) is 19.3 Å². The van der Waals surface area contributed by atoms with E-state index < -0.39 is 10.4 Å². The molecule has 0 spiro atoms. The summed E-state index contributed by atoms with van der Waals surface area (Å²) in [5, 5.41) is 2.74. The van der Waals surface area contributed by atoms with Crippen LogP contribution in [0.15, 0.2) is 0 Å². The molecule has 7 heteroatoms. The van der Waals surface area contributed by atoms with Crippen LogP contribution in [0.4, 0.5) is 0 Å². The molecule has 0 atom stereocenters. The lowest BCUT2D eigenvalue weighted by atomic mass is 10.2. The molecule has 0 saturated carbocycles. The lowest BCUT2D eigenvalue weighted by molar-refractivity contribution is -0.122. The van der Waals surface area contributed by atoms with Gasteiger partial charge in [0.25, 0.3) is 0 Å². The third-order valence-corrected chi connectivity index (χ3v) is 1.15. The number of hydrogen-bond donors (Lipinski definition) is 3. The van der Waals surface area contributed by atoms with Gasteiger partial charge in [0.2, 0.25) is 5.91 Å². The smallest absolute Gasteiger partial charge is 0.356 e. The van der Waals surface area contributed by atoms with E-state index in [2.05, 4.69) is 5.32 Å². The van der Waals surface area contributed by atoms with Gasteiger partial charge in [-0.2, -0.15) is 8.42 Å². The Kier molecular flexibility index (Phi) is 4.79. The molecule has 3 N–H and O–H groups in total. The molecular weight excluding hydrogens is 186 g/mol. The molecule has 1 aliphatic heterocycles. The molecule has 0 unspecified atom stereocenters. The van der Waals surface area contributed by atoms with Crippen LogP contribution in [0.25, 0.3) is 0 Å². The molecule has 12 heavy (non-hydrogen) atoms. The second kappa shape index (κ2) is 5.07. The van der Waals surface area contributed by atoms with Crippen molar-refractivity contribution in [1.82, 2.24) is 5.32 Å². The molecule has 1 aliphatic rings. The van der Waals surface area contributed by atoms with Gasteiger partial charge in [-0.15, -0.1) is 0 Å². The first-order valence-electron chi connectivity index (χ1n) is 3.36. The molecule has 1 heterocycles. The van der Waals surface area contributed by atoms with E-state index in [0.29, 0.717) is 0 Å². The molecule has 0 bridgehead atoms. The minimum atomic E-state index is -4.67. The highest BCUT2D eigenvalue weighted by Gasteiger charge is 2.04. The average molecular weight is 197 g/mol. The number of amides is 1. The van der Waals surface area contributed by atoms with E-state index in [-0.39, 0.29) is 5.91 Å². The van der Waals surface area contributed by atoms with Crippen molar-refractivity contribution >= 4 is 16.3 Å².